The van der Waals surface area contributed by atoms with Gasteiger partial charge in [-0.2, -0.15) is 0 Å². The van der Waals surface area contributed by atoms with Gasteiger partial charge in [-0.25, -0.2) is 0 Å². The van der Waals surface area contributed by atoms with Crippen LogP contribution in [0.25, 0.3) is 0 Å². The Morgan fingerprint density at radius 1 is 1.50 bits per heavy atom. The van der Waals surface area contributed by atoms with E-state index in [0.717, 1.165) is 5.56 Å². The highest BCUT2D eigenvalue weighted by molar-refractivity contribution is 6.22. The monoisotopic (exact) mass is 260 g/mol. The fourth-order valence-electron chi connectivity index (χ4n) is 1.16. The molecule has 1 amide bonds. The summed E-state index contributed by atoms with van der Waals surface area (Å²) in [4.78, 5) is 15.9. The van der Waals surface area contributed by atoms with E-state index in [1.165, 1.54) is 0 Å². The highest BCUT2D eigenvalue weighted by Crippen LogP contribution is 2.11. The third kappa shape index (κ3) is 3.09. The Kier molecular flexibility index (Phi) is 4.56. The van der Waals surface area contributed by atoms with Gasteiger partial charge in [-0.3, -0.25) is 9.78 Å². The number of pyridine rings is 1. The maximum Gasteiger partial charge on any atom is 0.270 e. The fraction of sp³-hybridized carbons (Fsp3) is 0.455. The van der Waals surface area contributed by atoms with Crippen LogP contribution in [0.15, 0.2) is 18.3 Å². The van der Waals surface area contributed by atoms with Gasteiger partial charge in [0.2, 0.25) is 0 Å². The SMILES string of the molecule is Cc1cccnc1C(=O)NC(C)(CCl)CCl. The van der Waals surface area contributed by atoms with E-state index >= 15 is 0 Å². The summed E-state index contributed by atoms with van der Waals surface area (Å²) in [5.74, 6) is 0.268. The van der Waals surface area contributed by atoms with Gasteiger partial charge >= 0.3 is 0 Å². The zero-order valence-electron chi connectivity index (χ0n) is 9.26. The number of nitrogens with zero attached hydrogens (tertiary/aromatic N) is 1. The highest BCUT2D eigenvalue weighted by atomic mass is 35.5. The van der Waals surface area contributed by atoms with E-state index in [1.54, 1.807) is 19.2 Å². The van der Waals surface area contributed by atoms with Crippen LogP contribution in [-0.2, 0) is 0 Å². The lowest BCUT2D eigenvalue weighted by atomic mass is 10.1. The number of alkyl halides is 2. The molecule has 16 heavy (non-hydrogen) atoms. The Balaban J connectivity index is 2.84. The lowest BCUT2D eigenvalue weighted by Crippen LogP contribution is -2.49. The van der Waals surface area contributed by atoms with Crippen molar-refractivity contribution < 1.29 is 4.79 Å². The second-order valence-electron chi connectivity index (χ2n) is 3.95. The molecular weight excluding hydrogens is 247 g/mol. The van der Waals surface area contributed by atoms with Crippen molar-refractivity contribution in [2.75, 3.05) is 11.8 Å². The minimum absolute atomic E-state index is 0.248. The van der Waals surface area contributed by atoms with Crippen molar-refractivity contribution in [3.63, 3.8) is 0 Å². The molecule has 1 rings (SSSR count). The molecule has 0 aliphatic carbocycles. The first-order valence-electron chi connectivity index (χ1n) is 4.88. The molecule has 3 nitrogen and oxygen atoms in total. The van der Waals surface area contributed by atoms with Crippen molar-refractivity contribution in [3.05, 3.63) is 29.6 Å². The highest BCUT2D eigenvalue weighted by Gasteiger charge is 2.25. The van der Waals surface area contributed by atoms with Gasteiger partial charge in [0.05, 0.1) is 5.54 Å². The van der Waals surface area contributed by atoms with Crippen molar-refractivity contribution in [1.29, 1.82) is 0 Å². The molecule has 0 aliphatic heterocycles. The predicted molar refractivity (Wildman–Crippen MR) is 66.3 cm³/mol. The van der Waals surface area contributed by atoms with Gasteiger partial charge in [-0.1, -0.05) is 6.07 Å². The molecule has 0 saturated carbocycles. The average molecular weight is 261 g/mol. The smallest absolute Gasteiger partial charge is 0.270 e. The Morgan fingerprint density at radius 2 is 2.12 bits per heavy atom. The van der Waals surface area contributed by atoms with Crippen LogP contribution in [0.3, 0.4) is 0 Å². The summed E-state index contributed by atoms with van der Waals surface area (Å²) in [6.45, 7) is 3.63. The number of hydrogen-bond acceptors (Lipinski definition) is 2. The molecule has 1 aromatic heterocycles. The summed E-state index contributed by atoms with van der Waals surface area (Å²) in [5, 5.41) is 2.78. The van der Waals surface area contributed by atoms with Crippen molar-refractivity contribution in [2.24, 2.45) is 0 Å². The second kappa shape index (κ2) is 5.51. The van der Waals surface area contributed by atoms with Crippen LogP contribution in [0.2, 0.25) is 0 Å². The predicted octanol–water partition coefficient (Wildman–Crippen LogP) is 2.36. The van der Waals surface area contributed by atoms with Crippen LogP contribution in [0, 0.1) is 6.92 Å². The minimum atomic E-state index is -0.607. The average Bonchev–Trinajstić information content (AvgIpc) is 2.29. The lowest BCUT2D eigenvalue weighted by Gasteiger charge is -2.25. The molecule has 5 heteroatoms. The number of carbonyl (C=O) groups excluding carboxylic acids is 1. The van der Waals surface area contributed by atoms with E-state index in [9.17, 15) is 4.79 Å². The standard InChI is InChI=1S/C11H14Cl2N2O/c1-8-4-3-5-14-9(8)10(16)15-11(2,6-12)7-13/h3-5H,6-7H2,1-2H3,(H,15,16). The summed E-state index contributed by atoms with van der Waals surface area (Å²) in [6.07, 6.45) is 1.58. The number of amides is 1. The number of hydrogen-bond donors (Lipinski definition) is 1. The van der Waals surface area contributed by atoms with Gasteiger partial charge in [0.1, 0.15) is 5.69 Å². The molecule has 0 saturated heterocycles. The molecule has 0 bridgehead atoms. The normalized spacial score (nSPS) is 11.2. The van der Waals surface area contributed by atoms with Crippen molar-refractivity contribution in [3.8, 4) is 0 Å². The third-order valence-electron chi connectivity index (χ3n) is 2.23. The van der Waals surface area contributed by atoms with E-state index < -0.39 is 5.54 Å². The van der Waals surface area contributed by atoms with Gasteiger partial charge in [-0.05, 0) is 25.5 Å². The number of halogens is 2. The first-order valence-corrected chi connectivity index (χ1v) is 5.95. The fourth-order valence-corrected chi connectivity index (χ4v) is 1.58. The first-order chi connectivity index (χ1) is 7.52. The third-order valence-corrected chi connectivity index (χ3v) is 3.41. The van der Waals surface area contributed by atoms with Gasteiger partial charge < -0.3 is 5.32 Å². The van der Waals surface area contributed by atoms with Crippen LogP contribution >= 0.6 is 23.2 Å². The molecule has 1 heterocycles. The van der Waals surface area contributed by atoms with Gasteiger partial charge in [0, 0.05) is 18.0 Å². The van der Waals surface area contributed by atoms with Crippen LogP contribution in [0.1, 0.15) is 23.0 Å². The van der Waals surface area contributed by atoms with Crippen LogP contribution in [0.5, 0.6) is 0 Å². The first kappa shape index (κ1) is 13.3. The summed E-state index contributed by atoms with van der Waals surface area (Å²) >= 11 is 11.5. The van der Waals surface area contributed by atoms with Crippen LogP contribution in [0.4, 0.5) is 0 Å². The Labute approximate surface area is 105 Å². The molecule has 0 aromatic carbocycles. The summed E-state index contributed by atoms with van der Waals surface area (Å²) in [6, 6.07) is 3.62. The molecule has 0 radical (unpaired) electrons. The van der Waals surface area contributed by atoms with Crippen molar-refractivity contribution in [2.45, 2.75) is 19.4 Å². The minimum Gasteiger partial charge on any atom is -0.343 e. The summed E-state index contributed by atoms with van der Waals surface area (Å²) < 4.78 is 0. The Bertz CT molecular complexity index is 378. The zero-order valence-corrected chi connectivity index (χ0v) is 10.8. The van der Waals surface area contributed by atoms with Crippen molar-refractivity contribution >= 4 is 29.1 Å². The van der Waals surface area contributed by atoms with Gasteiger partial charge in [0.15, 0.2) is 0 Å². The maximum absolute atomic E-state index is 11.9. The second-order valence-corrected chi connectivity index (χ2v) is 4.49. The quantitative estimate of drug-likeness (QED) is 0.845. The number of aromatic nitrogens is 1. The van der Waals surface area contributed by atoms with E-state index in [-0.39, 0.29) is 17.7 Å². The molecule has 0 spiro atoms. The molecule has 1 N–H and O–H groups in total. The van der Waals surface area contributed by atoms with E-state index in [2.05, 4.69) is 10.3 Å². The van der Waals surface area contributed by atoms with Gasteiger partial charge in [0.25, 0.3) is 5.91 Å². The zero-order chi connectivity index (χ0) is 12.2. The van der Waals surface area contributed by atoms with E-state index in [1.807, 2.05) is 13.0 Å². The molecule has 0 atom stereocenters. The molecule has 1 aromatic rings. The van der Waals surface area contributed by atoms with E-state index in [0.29, 0.717) is 5.69 Å². The van der Waals surface area contributed by atoms with Gasteiger partial charge in [-0.15, -0.1) is 23.2 Å². The van der Waals surface area contributed by atoms with Crippen LogP contribution < -0.4 is 5.32 Å². The topological polar surface area (TPSA) is 42.0 Å². The summed E-state index contributed by atoms with van der Waals surface area (Å²) in [7, 11) is 0. The Hall–Kier alpha value is -0.800. The number of carbonyl (C=O) groups is 1. The maximum atomic E-state index is 11.9. The van der Waals surface area contributed by atoms with Crippen LogP contribution in [-0.4, -0.2) is 28.2 Å². The Morgan fingerprint density at radius 3 is 2.62 bits per heavy atom. The number of nitrogens with one attached hydrogen (secondary N) is 1. The van der Waals surface area contributed by atoms with E-state index in [4.69, 9.17) is 23.2 Å². The van der Waals surface area contributed by atoms with Crippen molar-refractivity contribution in [1.82, 2.24) is 10.3 Å². The molecule has 0 fully saturated rings. The summed E-state index contributed by atoms with van der Waals surface area (Å²) in [5.41, 5.74) is 0.625. The molecule has 0 aliphatic rings. The molecule has 88 valence electrons. The number of rotatable bonds is 4. The molecule has 0 unspecified atom stereocenters. The lowest BCUT2D eigenvalue weighted by molar-refractivity contribution is 0.0915. The number of aryl methyl sites for hydroxylation is 1. The molecular formula is C11H14Cl2N2O. The largest absolute Gasteiger partial charge is 0.343 e.